The highest BCUT2D eigenvalue weighted by molar-refractivity contribution is 8.04. The summed E-state index contributed by atoms with van der Waals surface area (Å²) in [5.74, 6) is 1.18. The van der Waals surface area contributed by atoms with Crippen LogP contribution in [0, 0.1) is 11.8 Å². The van der Waals surface area contributed by atoms with Crippen molar-refractivity contribution in [1.82, 2.24) is 20.9 Å². The Bertz CT molecular complexity index is 1080. The minimum absolute atomic E-state index is 0.0160. The van der Waals surface area contributed by atoms with Crippen molar-refractivity contribution in [2.45, 2.75) is 76.6 Å². The second kappa shape index (κ2) is 17.4. The van der Waals surface area contributed by atoms with Crippen LogP contribution in [0.15, 0.2) is 53.5 Å². The molecule has 5 atom stereocenters. The molecule has 232 valence electrons. The molecule has 3 amide bonds. The fourth-order valence-electron chi connectivity index (χ4n) is 6.12. The average molecular weight is 603 g/mol. The molecule has 2 heterocycles. The number of nitrogens with one attached hydrogen (secondary N) is 3. The van der Waals surface area contributed by atoms with Crippen molar-refractivity contribution in [2.24, 2.45) is 11.8 Å². The topological polar surface area (TPSA) is 151 Å². The fraction of sp³-hybridized carbons (Fsp3) is 0.581. The first-order valence-corrected chi connectivity index (χ1v) is 15.8. The number of likely N-dealkylation sites (tertiary alicyclic amines) is 1. The van der Waals surface area contributed by atoms with Crippen LogP contribution in [0.25, 0.3) is 0 Å². The van der Waals surface area contributed by atoms with Gasteiger partial charge in [-0.15, -0.1) is 11.8 Å². The molecular formula is C31H46N4O6S. The maximum absolute atomic E-state index is 13.2. The quantitative estimate of drug-likeness (QED) is 0.167. The lowest BCUT2D eigenvalue weighted by Crippen LogP contribution is -2.59. The third kappa shape index (κ3) is 10.2. The number of carbonyl (C=O) groups excluding carboxylic acids is 3. The Balaban J connectivity index is 0.00000237. The van der Waals surface area contributed by atoms with E-state index in [1.807, 2.05) is 56.3 Å². The van der Waals surface area contributed by atoms with Crippen molar-refractivity contribution in [3.8, 4) is 0 Å². The van der Waals surface area contributed by atoms with Crippen LogP contribution in [0.4, 0.5) is 0 Å². The molecule has 0 radical (unpaired) electrons. The number of nitrogens with zero attached hydrogens (tertiary/aromatic N) is 1. The summed E-state index contributed by atoms with van der Waals surface area (Å²) in [5, 5.41) is 32.3. The van der Waals surface area contributed by atoms with E-state index in [-0.39, 0.29) is 36.3 Å². The monoisotopic (exact) mass is 602 g/mol. The van der Waals surface area contributed by atoms with E-state index < -0.39 is 12.1 Å². The first-order chi connectivity index (χ1) is 20.3. The van der Waals surface area contributed by atoms with Gasteiger partial charge in [-0.1, -0.05) is 61.7 Å². The van der Waals surface area contributed by atoms with Crippen molar-refractivity contribution in [2.75, 3.05) is 25.4 Å². The Hall–Kier alpha value is -2.70. The van der Waals surface area contributed by atoms with Gasteiger partial charge in [-0.2, -0.15) is 0 Å². The molecule has 5 unspecified atom stereocenters. The number of fused-ring (bicyclic) bond motifs is 1. The SMILES string of the molecule is CC(C)NC(=O)C1CC2CCCCC2CN1CC(O)C(Cc1ccccc1)NC(=O)CNC(=O)C1=CC=CCS1.OO. The van der Waals surface area contributed by atoms with Crippen LogP contribution < -0.4 is 16.0 Å². The lowest BCUT2D eigenvalue weighted by atomic mass is 9.72. The molecule has 0 spiro atoms. The molecule has 1 aromatic carbocycles. The molecule has 1 saturated carbocycles. The molecular weight excluding hydrogens is 556 g/mol. The third-order valence-electron chi connectivity index (χ3n) is 8.12. The highest BCUT2D eigenvalue weighted by atomic mass is 32.2. The number of benzene rings is 1. The van der Waals surface area contributed by atoms with E-state index in [4.69, 9.17) is 10.5 Å². The first kappa shape index (κ1) is 33.8. The summed E-state index contributed by atoms with van der Waals surface area (Å²) in [6.07, 6.45) is 10.7. The van der Waals surface area contributed by atoms with Gasteiger partial charge in [0.1, 0.15) is 0 Å². The van der Waals surface area contributed by atoms with E-state index in [2.05, 4.69) is 20.9 Å². The number of piperidine rings is 1. The van der Waals surface area contributed by atoms with Crippen LogP contribution in [0.5, 0.6) is 0 Å². The zero-order valence-corrected chi connectivity index (χ0v) is 25.4. The van der Waals surface area contributed by atoms with E-state index in [0.717, 1.165) is 37.1 Å². The van der Waals surface area contributed by atoms with Crippen LogP contribution in [0.2, 0.25) is 0 Å². The smallest absolute Gasteiger partial charge is 0.258 e. The molecule has 4 rings (SSSR count). The molecule has 10 nitrogen and oxygen atoms in total. The zero-order valence-electron chi connectivity index (χ0n) is 24.6. The Morgan fingerprint density at radius 2 is 1.76 bits per heavy atom. The number of thioether (sulfide) groups is 1. The number of hydrogen-bond donors (Lipinski definition) is 6. The van der Waals surface area contributed by atoms with E-state index >= 15 is 0 Å². The summed E-state index contributed by atoms with van der Waals surface area (Å²) in [6, 6.07) is 8.93. The number of rotatable bonds is 11. The lowest BCUT2D eigenvalue weighted by molar-refractivity contribution is -0.176. The normalized spacial score (nSPS) is 23.4. The minimum Gasteiger partial charge on any atom is -0.390 e. The van der Waals surface area contributed by atoms with Crippen molar-refractivity contribution >= 4 is 29.5 Å². The minimum atomic E-state index is -0.893. The van der Waals surface area contributed by atoms with Crippen LogP contribution in [0.1, 0.15) is 51.5 Å². The number of carbonyl (C=O) groups is 3. The second-order valence-electron chi connectivity index (χ2n) is 11.6. The first-order valence-electron chi connectivity index (χ1n) is 14.8. The zero-order chi connectivity index (χ0) is 30.5. The summed E-state index contributed by atoms with van der Waals surface area (Å²) < 4.78 is 0. The molecule has 11 heteroatoms. The summed E-state index contributed by atoms with van der Waals surface area (Å²) in [4.78, 5) is 41.4. The number of aliphatic hydroxyl groups excluding tert-OH is 1. The Morgan fingerprint density at radius 3 is 2.43 bits per heavy atom. The van der Waals surface area contributed by atoms with Crippen molar-refractivity contribution in [3.05, 3.63) is 59.0 Å². The maximum Gasteiger partial charge on any atom is 0.258 e. The van der Waals surface area contributed by atoms with Crippen LogP contribution >= 0.6 is 11.8 Å². The summed E-state index contributed by atoms with van der Waals surface area (Å²) in [6.45, 7) is 4.83. The molecule has 2 aliphatic heterocycles. The number of amides is 3. The highest BCUT2D eigenvalue weighted by Gasteiger charge is 2.41. The van der Waals surface area contributed by atoms with Crippen molar-refractivity contribution < 1.29 is 30.0 Å². The van der Waals surface area contributed by atoms with Gasteiger partial charge in [0.25, 0.3) is 5.91 Å². The van der Waals surface area contributed by atoms with Gasteiger partial charge in [0.05, 0.1) is 29.6 Å². The molecule has 3 aliphatic rings. The van der Waals surface area contributed by atoms with Crippen LogP contribution in [0.3, 0.4) is 0 Å². The van der Waals surface area contributed by atoms with Gasteiger partial charge in [-0.25, -0.2) is 0 Å². The van der Waals surface area contributed by atoms with E-state index in [1.165, 1.54) is 24.6 Å². The molecule has 6 N–H and O–H groups in total. The Labute approximate surface area is 252 Å². The average Bonchev–Trinajstić information content (AvgIpc) is 3.00. The largest absolute Gasteiger partial charge is 0.390 e. The Morgan fingerprint density at radius 1 is 1.05 bits per heavy atom. The van der Waals surface area contributed by atoms with E-state index in [1.54, 1.807) is 6.08 Å². The molecule has 1 aromatic rings. The number of allylic oxidation sites excluding steroid dienone is 2. The van der Waals surface area contributed by atoms with Gasteiger partial charge in [-0.05, 0) is 56.6 Å². The summed E-state index contributed by atoms with van der Waals surface area (Å²) in [7, 11) is 0. The third-order valence-corrected chi connectivity index (χ3v) is 9.11. The van der Waals surface area contributed by atoms with Gasteiger partial charge in [0, 0.05) is 24.9 Å². The standard InChI is InChI=1S/C31H44N4O4S.H2O2/c1-21(2)33-30(38)26-17-23-12-6-7-13-24(23)19-35(26)20-27(36)25(16-22-10-4-3-5-11-22)34-29(37)18-32-31(39)28-14-8-9-15-40-28;1-2/h3-5,8-11,14,21,23-27,36H,6-7,12-13,15-20H2,1-2H3,(H,32,39)(H,33,38)(H,34,37);1-2H. The van der Waals surface area contributed by atoms with Crippen LogP contribution in [-0.4, -0.2) is 87.9 Å². The van der Waals surface area contributed by atoms with E-state index in [9.17, 15) is 19.5 Å². The van der Waals surface area contributed by atoms with Crippen LogP contribution in [-0.2, 0) is 20.8 Å². The predicted molar refractivity (Wildman–Crippen MR) is 165 cm³/mol. The lowest BCUT2D eigenvalue weighted by Gasteiger charge is -2.46. The Kier molecular flexibility index (Phi) is 14.0. The number of β-amino-alcohol motifs (C(OH)–C–C–N with tert-alkyl or cyclic N) is 1. The maximum atomic E-state index is 13.2. The highest BCUT2D eigenvalue weighted by Crippen LogP contribution is 2.38. The predicted octanol–water partition coefficient (Wildman–Crippen LogP) is 2.80. The number of aliphatic hydroxyl groups is 1. The fourth-order valence-corrected chi connectivity index (χ4v) is 6.88. The van der Waals surface area contributed by atoms with Gasteiger partial charge in [0.2, 0.25) is 11.8 Å². The molecule has 1 saturated heterocycles. The molecule has 1 aliphatic carbocycles. The van der Waals surface area contributed by atoms with E-state index in [0.29, 0.717) is 29.7 Å². The summed E-state index contributed by atoms with van der Waals surface area (Å²) >= 11 is 1.43. The molecule has 2 fully saturated rings. The summed E-state index contributed by atoms with van der Waals surface area (Å²) in [5.41, 5.74) is 0.992. The molecule has 0 aromatic heterocycles. The molecule has 0 bridgehead atoms. The van der Waals surface area contributed by atoms with Gasteiger partial charge in [0.15, 0.2) is 0 Å². The second-order valence-corrected chi connectivity index (χ2v) is 12.6. The van der Waals surface area contributed by atoms with Crippen molar-refractivity contribution in [1.29, 1.82) is 0 Å². The van der Waals surface area contributed by atoms with Gasteiger partial charge >= 0.3 is 0 Å². The molecule has 42 heavy (non-hydrogen) atoms. The van der Waals surface area contributed by atoms with Gasteiger partial charge in [-0.3, -0.25) is 29.8 Å². The van der Waals surface area contributed by atoms with Gasteiger partial charge < -0.3 is 21.1 Å². The number of hydrogen-bond acceptors (Lipinski definition) is 8. The van der Waals surface area contributed by atoms with Crippen molar-refractivity contribution in [3.63, 3.8) is 0 Å².